The van der Waals surface area contributed by atoms with Crippen LogP contribution in [0.4, 0.5) is 0 Å². The number of ether oxygens (including phenoxy) is 1. The van der Waals surface area contributed by atoms with E-state index in [1.165, 1.54) is 47.1 Å². The largest absolute Gasteiger partial charge is 0.462 e. The second-order valence-electron chi connectivity index (χ2n) is 6.39. The lowest BCUT2D eigenvalue weighted by atomic mass is 10.1. The molecule has 0 aliphatic rings. The molecule has 0 amide bonds. The van der Waals surface area contributed by atoms with Gasteiger partial charge in [0.15, 0.2) is 0 Å². The van der Waals surface area contributed by atoms with E-state index in [-0.39, 0.29) is 5.97 Å². The molecule has 0 unspecified atom stereocenters. The van der Waals surface area contributed by atoms with Crippen molar-refractivity contribution >= 4 is 28.5 Å². The molecule has 0 saturated carbocycles. The molecule has 0 aliphatic carbocycles. The Morgan fingerprint density at radius 1 is 0.960 bits per heavy atom. The Morgan fingerprint density at radius 2 is 1.64 bits per heavy atom. The number of fused-ring (bicyclic) bond motifs is 1. The monoisotopic (exact) mass is 356 g/mol. The van der Waals surface area contributed by atoms with Gasteiger partial charge in [-0.05, 0) is 48.4 Å². The summed E-state index contributed by atoms with van der Waals surface area (Å²) < 4.78 is 5.09. The maximum Gasteiger partial charge on any atom is 0.333 e. The fraction of sp³-hybridized carbons (Fsp3) is 0.409. The molecule has 0 fully saturated rings. The van der Waals surface area contributed by atoms with Crippen molar-refractivity contribution in [3.05, 3.63) is 54.6 Å². The van der Waals surface area contributed by atoms with Crippen molar-refractivity contribution in [1.82, 2.24) is 0 Å². The van der Waals surface area contributed by atoms with E-state index < -0.39 is 0 Å². The van der Waals surface area contributed by atoms with E-state index >= 15 is 0 Å². The summed E-state index contributed by atoms with van der Waals surface area (Å²) in [5.74, 6) is 0.903. The van der Waals surface area contributed by atoms with Gasteiger partial charge in [-0.3, -0.25) is 0 Å². The third-order valence-electron chi connectivity index (χ3n) is 4.11. The number of thioether (sulfide) groups is 1. The van der Waals surface area contributed by atoms with Crippen molar-refractivity contribution in [2.45, 2.75) is 50.3 Å². The highest BCUT2D eigenvalue weighted by Crippen LogP contribution is 2.24. The minimum atomic E-state index is -0.272. The molecular formula is C22H28O2S. The van der Waals surface area contributed by atoms with Crippen LogP contribution in [-0.4, -0.2) is 18.3 Å². The molecule has 0 saturated heterocycles. The van der Waals surface area contributed by atoms with E-state index in [9.17, 15) is 4.79 Å². The quantitative estimate of drug-likeness (QED) is 0.202. The van der Waals surface area contributed by atoms with E-state index in [0.717, 1.165) is 12.8 Å². The van der Waals surface area contributed by atoms with Gasteiger partial charge in [0.05, 0.1) is 6.61 Å². The number of carbonyl (C=O) groups is 1. The van der Waals surface area contributed by atoms with E-state index in [0.29, 0.717) is 12.2 Å². The lowest BCUT2D eigenvalue weighted by Gasteiger charge is -2.05. The fourth-order valence-electron chi connectivity index (χ4n) is 2.65. The maximum absolute atomic E-state index is 11.2. The predicted molar refractivity (Wildman–Crippen MR) is 108 cm³/mol. The summed E-state index contributed by atoms with van der Waals surface area (Å²) in [6, 6.07) is 15.2. The topological polar surface area (TPSA) is 26.3 Å². The van der Waals surface area contributed by atoms with Gasteiger partial charge in [-0.2, -0.15) is 0 Å². The molecule has 3 heteroatoms. The van der Waals surface area contributed by atoms with Crippen LogP contribution < -0.4 is 0 Å². The Morgan fingerprint density at radius 3 is 2.40 bits per heavy atom. The minimum Gasteiger partial charge on any atom is -0.462 e. The van der Waals surface area contributed by atoms with Gasteiger partial charge in [-0.25, -0.2) is 4.79 Å². The lowest BCUT2D eigenvalue weighted by Crippen LogP contribution is -2.05. The number of esters is 1. The number of hydrogen-bond donors (Lipinski definition) is 0. The summed E-state index contributed by atoms with van der Waals surface area (Å²) >= 11 is 1.95. The third kappa shape index (κ3) is 7.35. The highest BCUT2D eigenvalue weighted by Gasteiger charge is 2.02. The molecule has 0 spiro atoms. The molecule has 2 aromatic rings. The Kier molecular flexibility index (Phi) is 8.61. The van der Waals surface area contributed by atoms with Gasteiger partial charge in [0.1, 0.15) is 0 Å². The van der Waals surface area contributed by atoms with Crippen LogP contribution in [-0.2, 0) is 9.53 Å². The molecule has 0 N–H and O–H groups in total. The van der Waals surface area contributed by atoms with Crippen LogP contribution in [0.3, 0.4) is 0 Å². The summed E-state index contributed by atoms with van der Waals surface area (Å²) in [6.07, 6.45) is 7.07. The Balaban J connectivity index is 1.49. The Bertz CT molecular complexity index is 693. The minimum absolute atomic E-state index is 0.272. The number of hydrogen-bond acceptors (Lipinski definition) is 3. The second kappa shape index (κ2) is 11.0. The van der Waals surface area contributed by atoms with Crippen molar-refractivity contribution in [3.63, 3.8) is 0 Å². The number of benzene rings is 2. The first-order valence-electron chi connectivity index (χ1n) is 9.11. The van der Waals surface area contributed by atoms with E-state index in [1.54, 1.807) is 6.92 Å². The average molecular weight is 357 g/mol. The van der Waals surface area contributed by atoms with Crippen LogP contribution in [0.1, 0.15) is 45.4 Å². The fourth-order valence-corrected chi connectivity index (χ4v) is 3.61. The molecule has 0 aliphatic heterocycles. The van der Waals surface area contributed by atoms with Gasteiger partial charge in [0, 0.05) is 10.5 Å². The number of rotatable bonds is 11. The van der Waals surface area contributed by atoms with Gasteiger partial charge in [0.2, 0.25) is 0 Å². The molecule has 134 valence electrons. The summed E-state index contributed by atoms with van der Waals surface area (Å²) in [6.45, 7) is 5.77. The van der Waals surface area contributed by atoms with Crippen molar-refractivity contribution in [2.75, 3.05) is 12.4 Å². The SMILES string of the molecule is C=C(C)C(=O)OCCCCCCCCSc1ccc2ccccc2c1. The van der Waals surface area contributed by atoms with Crippen LogP contribution >= 0.6 is 11.8 Å². The highest BCUT2D eigenvalue weighted by atomic mass is 32.2. The second-order valence-corrected chi connectivity index (χ2v) is 7.56. The zero-order chi connectivity index (χ0) is 17.9. The van der Waals surface area contributed by atoms with Crippen molar-refractivity contribution in [2.24, 2.45) is 0 Å². The zero-order valence-electron chi connectivity index (χ0n) is 15.1. The van der Waals surface area contributed by atoms with Crippen LogP contribution in [0.15, 0.2) is 59.5 Å². The number of unbranched alkanes of at least 4 members (excludes halogenated alkanes) is 5. The smallest absolute Gasteiger partial charge is 0.333 e. The van der Waals surface area contributed by atoms with Gasteiger partial charge in [-0.15, -0.1) is 11.8 Å². The molecule has 0 heterocycles. The molecule has 2 nitrogen and oxygen atoms in total. The van der Waals surface area contributed by atoms with Gasteiger partial charge >= 0.3 is 5.97 Å². The average Bonchev–Trinajstić information content (AvgIpc) is 2.62. The predicted octanol–water partition coefficient (Wildman–Crippen LogP) is 6.39. The zero-order valence-corrected chi connectivity index (χ0v) is 15.9. The standard InChI is InChI=1S/C22H28O2S/c1-18(2)22(23)24-15-9-5-3-4-6-10-16-25-21-14-13-19-11-7-8-12-20(19)17-21/h7-8,11-14,17H,1,3-6,9-10,15-16H2,2H3. The molecule has 0 aromatic heterocycles. The summed E-state index contributed by atoms with van der Waals surface area (Å²) in [5.41, 5.74) is 0.476. The summed E-state index contributed by atoms with van der Waals surface area (Å²) in [7, 11) is 0. The van der Waals surface area contributed by atoms with Crippen molar-refractivity contribution in [3.8, 4) is 0 Å². The van der Waals surface area contributed by atoms with Gasteiger partial charge in [0.25, 0.3) is 0 Å². The molecule has 0 radical (unpaired) electrons. The van der Waals surface area contributed by atoms with E-state index in [4.69, 9.17) is 4.74 Å². The Labute approximate surface area is 155 Å². The molecule has 0 atom stereocenters. The van der Waals surface area contributed by atoms with Crippen LogP contribution in [0.2, 0.25) is 0 Å². The molecule has 0 bridgehead atoms. The summed E-state index contributed by atoms with van der Waals surface area (Å²) in [5, 5.41) is 2.63. The van der Waals surface area contributed by atoms with E-state index in [1.807, 2.05) is 11.8 Å². The maximum atomic E-state index is 11.2. The first-order valence-corrected chi connectivity index (χ1v) is 10.1. The van der Waals surface area contributed by atoms with Crippen LogP contribution in [0.25, 0.3) is 10.8 Å². The molecule has 2 aromatic carbocycles. The van der Waals surface area contributed by atoms with E-state index in [2.05, 4.69) is 49.0 Å². The van der Waals surface area contributed by atoms with Gasteiger partial charge < -0.3 is 4.74 Å². The molecular weight excluding hydrogens is 328 g/mol. The van der Waals surface area contributed by atoms with Crippen molar-refractivity contribution in [1.29, 1.82) is 0 Å². The molecule has 25 heavy (non-hydrogen) atoms. The lowest BCUT2D eigenvalue weighted by molar-refractivity contribution is -0.139. The third-order valence-corrected chi connectivity index (χ3v) is 5.19. The first-order chi connectivity index (χ1) is 12.2. The van der Waals surface area contributed by atoms with Crippen molar-refractivity contribution < 1.29 is 9.53 Å². The normalized spacial score (nSPS) is 10.8. The first kappa shape index (κ1) is 19.6. The molecule has 2 rings (SSSR count). The van der Waals surface area contributed by atoms with Crippen LogP contribution in [0.5, 0.6) is 0 Å². The number of carbonyl (C=O) groups excluding carboxylic acids is 1. The van der Waals surface area contributed by atoms with Crippen LogP contribution in [0, 0.1) is 0 Å². The highest BCUT2D eigenvalue weighted by molar-refractivity contribution is 7.99. The van der Waals surface area contributed by atoms with Gasteiger partial charge in [-0.1, -0.05) is 62.6 Å². The summed E-state index contributed by atoms with van der Waals surface area (Å²) in [4.78, 5) is 12.6. The Hall–Kier alpha value is -1.74.